The molecule has 0 atom stereocenters. The third-order valence-electron chi connectivity index (χ3n) is 7.53. The van der Waals surface area contributed by atoms with Crippen LogP contribution in [-0.2, 0) is 4.79 Å². The smallest absolute Gasteiger partial charge is 0.267 e. The van der Waals surface area contributed by atoms with Crippen molar-refractivity contribution in [3.8, 4) is 11.5 Å². The van der Waals surface area contributed by atoms with Crippen LogP contribution in [0.1, 0.15) is 83.6 Å². The van der Waals surface area contributed by atoms with Gasteiger partial charge in [-0.05, 0) is 86.3 Å². The van der Waals surface area contributed by atoms with Crippen LogP contribution in [0.15, 0.2) is 40.2 Å². The summed E-state index contributed by atoms with van der Waals surface area (Å²) in [6.07, 6.45) is 13.9. The van der Waals surface area contributed by atoms with Gasteiger partial charge < -0.3 is 9.47 Å². The summed E-state index contributed by atoms with van der Waals surface area (Å²) >= 11 is 1.56. The summed E-state index contributed by atoms with van der Waals surface area (Å²) in [6.45, 7) is 5.16. The Hall–Kier alpha value is -2.47. The molecule has 2 saturated carbocycles. The van der Waals surface area contributed by atoms with Crippen LogP contribution in [0.2, 0.25) is 0 Å². The first-order valence-electron chi connectivity index (χ1n) is 13.8. The lowest BCUT2D eigenvalue weighted by atomic mass is 9.94. The van der Waals surface area contributed by atoms with E-state index in [-0.39, 0.29) is 11.9 Å². The van der Waals surface area contributed by atoms with Gasteiger partial charge in [0.05, 0.1) is 24.2 Å². The maximum atomic E-state index is 13.9. The second-order valence-corrected chi connectivity index (χ2v) is 11.0. The molecule has 3 fully saturated rings. The highest BCUT2D eigenvalue weighted by Crippen LogP contribution is 2.41. The van der Waals surface area contributed by atoms with Crippen LogP contribution in [0.25, 0.3) is 16.8 Å². The first-order chi connectivity index (χ1) is 17.7. The number of hydrogen-bond acceptors (Lipinski definition) is 5. The number of thioether (sulfide) groups is 1. The Morgan fingerprint density at radius 1 is 0.944 bits per heavy atom. The number of rotatable bonds is 7. The first kappa shape index (κ1) is 25.2. The Morgan fingerprint density at radius 3 is 2.36 bits per heavy atom. The standard InChI is InChI=1S/C30H38N2O3S/c1-3-34-24-17-15-21-16-18-27(35-4-2)26(25(21)19-24)20-28-29(33)32(23-13-9-6-10-14-23)30(36-28)31-22-11-7-5-8-12-22/h15-20,22-23H,3-14H2,1-2H3/b28-20-,31-30?. The molecule has 1 saturated heterocycles. The second kappa shape index (κ2) is 11.7. The fraction of sp³-hybridized carbons (Fsp3) is 0.533. The average Bonchev–Trinajstić information content (AvgIpc) is 3.21. The molecule has 0 radical (unpaired) electrons. The molecule has 0 N–H and O–H groups in total. The molecule has 2 aromatic rings. The summed E-state index contributed by atoms with van der Waals surface area (Å²) < 4.78 is 11.8. The van der Waals surface area contributed by atoms with E-state index < -0.39 is 0 Å². The Morgan fingerprint density at radius 2 is 1.64 bits per heavy atom. The largest absolute Gasteiger partial charge is 0.494 e. The third kappa shape index (κ3) is 5.44. The monoisotopic (exact) mass is 506 g/mol. The number of nitrogens with zero attached hydrogens (tertiary/aromatic N) is 2. The number of amidine groups is 1. The van der Waals surface area contributed by atoms with Crippen molar-refractivity contribution in [3.63, 3.8) is 0 Å². The van der Waals surface area contributed by atoms with Crippen LogP contribution in [0, 0.1) is 0 Å². The fourth-order valence-electron chi connectivity index (χ4n) is 5.72. The zero-order valence-corrected chi connectivity index (χ0v) is 22.4. The van der Waals surface area contributed by atoms with E-state index in [2.05, 4.69) is 18.2 Å². The van der Waals surface area contributed by atoms with Gasteiger partial charge in [-0.25, -0.2) is 0 Å². The summed E-state index contributed by atoms with van der Waals surface area (Å²) in [5.74, 6) is 1.72. The van der Waals surface area contributed by atoms with E-state index >= 15 is 0 Å². The lowest BCUT2D eigenvalue weighted by Gasteiger charge is -2.31. The number of benzene rings is 2. The van der Waals surface area contributed by atoms with Gasteiger partial charge in [-0.1, -0.05) is 50.7 Å². The second-order valence-electron chi connectivity index (χ2n) is 10.0. The van der Waals surface area contributed by atoms with Gasteiger partial charge in [-0.15, -0.1) is 0 Å². The number of amides is 1. The highest BCUT2D eigenvalue weighted by molar-refractivity contribution is 8.18. The zero-order chi connectivity index (χ0) is 24.9. The van der Waals surface area contributed by atoms with Gasteiger partial charge in [0.25, 0.3) is 5.91 Å². The van der Waals surface area contributed by atoms with Crippen LogP contribution < -0.4 is 9.47 Å². The molecule has 1 aliphatic heterocycles. The maximum absolute atomic E-state index is 13.9. The summed E-state index contributed by atoms with van der Waals surface area (Å²) in [5.41, 5.74) is 0.939. The van der Waals surface area contributed by atoms with Crippen molar-refractivity contribution in [1.82, 2.24) is 4.90 Å². The molecule has 192 valence electrons. The third-order valence-corrected chi connectivity index (χ3v) is 8.52. The van der Waals surface area contributed by atoms with E-state index in [0.29, 0.717) is 19.3 Å². The molecule has 6 heteroatoms. The topological polar surface area (TPSA) is 51.1 Å². The molecule has 0 aromatic heterocycles. The van der Waals surface area contributed by atoms with Crippen molar-refractivity contribution >= 4 is 39.7 Å². The number of hydrogen-bond donors (Lipinski definition) is 0. The van der Waals surface area contributed by atoms with Crippen LogP contribution in [0.5, 0.6) is 11.5 Å². The lowest BCUT2D eigenvalue weighted by Crippen LogP contribution is -2.41. The number of fused-ring (bicyclic) bond motifs is 1. The quantitative estimate of drug-likeness (QED) is 0.363. The minimum Gasteiger partial charge on any atom is -0.494 e. The first-order valence-corrected chi connectivity index (χ1v) is 14.6. The molecule has 2 aromatic carbocycles. The van der Waals surface area contributed by atoms with E-state index in [1.807, 2.05) is 37.0 Å². The van der Waals surface area contributed by atoms with Crippen molar-refractivity contribution in [1.29, 1.82) is 0 Å². The van der Waals surface area contributed by atoms with Gasteiger partial charge in [0, 0.05) is 11.6 Å². The highest BCUT2D eigenvalue weighted by Gasteiger charge is 2.39. The van der Waals surface area contributed by atoms with Crippen LogP contribution >= 0.6 is 11.8 Å². The number of carbonyl (C=O) groups is 1. The molecule has 1 heterocycles. The van der Waals surface area contributed by atoms with Crippen molar-refractivity contribution in [2.24, 2.45) is 4.99 Å². The van der Waals surface area contributed by atoms with Gasteiger partial charge in [0.2, 0.25) is 0 Å². The van der Waals surface area contributed by atoms with E-state index in [1.54, 1.807) is 11.8 Å². The Bertz CT molecular complexity index is 1140. The van der Waals surface area contributed by atoms with E-state index in [0.717, 1.165) is 63.6 Å². The summed E-state index contributed by atoms with van der Waals surface area (Å²) in [6, 6.07) is 10.8. The van der Waals surface area contributed by atoms with Crippen molar-refractivity contribution in [2.45, 2.75) is 90.1 Å². The Balaban J connectivity index is 1.57. The molecule has 36 heavy (non-hydrogen) atoms. The molecule has 0 bridgehead atoms. The molecule has 3 aliphatic rings. The molecular formula is C30H38N2O3S. The minimum absolute atomic E-state index is 0.0990. The predicted octanol–water partition coefficient (Wildman–Crippen LogP) is 7.57. The fourth-order valence-corrected chi connectivity index (χ4v) is 6.82. The van der Waals surface area contributed by atoms with Crippen LogP contribution in [-0.4, -0.2) is 41.3 Å². The molecule has 5 rings (SSSR count). The van der Waals surface area contributed by atoms with Crippen LogP contribution in [0.3, 0.4) is 0 Å². The van der Waals surface area contributed by atoms with Gasteiger partial charge >= 0.3 is 0 Å². The minimum atomic E-state index is 0.0990. The van der Waals surface area contributed by atoms with Gasteiger partial charge in [-0.3, -0.25) is 14.7 Å². The zero-order valence-electron chi connectivity index (χ0n) is 21.6. The number of aliphatic imine (C=N–C) groups is 1. The summed E-state index contributed by atoms with van der Waals surface area (Å²) in [5, 5.41) is 3.05. The highest BCUT2D eigenvalue weighted by atomic mass is 32.2. The van der Waals surface area contributed by atoms with E-state index in [1.165, 1.54) is 38.5 Å². The maximum Gasteiger partial charge on any atom is 0.267 e. The van der Waals surface area contributed by atoms with E-state index in [9.17, 15) is 4.79 Å². The molecule has 0 spiro atoms. The predicted molar refractivity (Wildman–Crippen MR) is 150 cm³/mol. The van der Waals surface area contributed by atoms with Crippen molar-refractivity contribution in [3.05, 3.63) is 40.8 Å². The van der Waals surface area contributed by atoms with E-state index in [4.69, 9.17) is 14.5 Å². The van der Waals surface area contributed by atoms with Crippen molar-refractivity contribution in [2.75, 3.05) is 13.2 Å². The van der Waals surface area contributed by atoms with Gasteiger partial charge in [0.1, 0.15) is 11.5 Å². The molecule has 5 nitrogen and oxygen atoms in total. The Labute approximate surface area is 219 Å². The SMILES string of the molecule is CCOc1ccc2ccc(OCC)c(/C=C3\SC(=NC4CCCCC4)N(C4CCCCC4)C3=O)c2c1. The molecule has 1 amide bonds. The number of carbonyl (C=O) groups excluding carboxylic acids is 1. The molecular weight excluding hydrogens is 468 g/mol. The number of ether oxygens (including phenoxy) is 2. The van der Waals surface area contributed by atoms with Crippen molar-refractivity contribution < 1.29 is 14.3 Å². The normalized spacial score (nSPS) is 22.2. The Kier molecular flexibility index (Phi) is 8.20. The molecule has 0 unspecified atom stereocenters. The van der Waals surface area contributed by atoms with Gasteiger partial charge in [0.15, 0.2) is 5.17 Å². The molecule has 2 aliphatic carbocycles. The lowest BCUT2D eigenvalue weighted by molar-refractivity contribution is -0.124. The summed E-state index contributed by atoms with van der Waals surface area (Å²) in [4.78, 5) is 21.9. The van der Waals surface area contributed by atoms with Crippen LogP contribution in [0.4, 0.5) is 0 Å². The average molecular weight is 507 g/mol. The summed E-state index contributed by atoms with van der Waals surface area (Å²) in [7, 11) is 0. The van der Waals surface area contributed by atoms with Gasteiger partial charge in [-0.2, -0.15) is 0 Å².